The molecule has 4 heteroatoms. The summed E-state index contributed by atoms with van der Waals surface area (Å²) in [6, 6.07) is 0. The number of unbranched alkanes of at least 4 members (excludes halogenated alkanes) is 25. The molecule has 1 atom stereocenters. The summed E-state index contributed by atoms with van der Waals surface area (Å²) in [6.45, 7) is 4.47. The Morgan fingerprint density at radius 3 is 1.15 bits per heavy atom. The van der Waals surface area contributed by atoms with E-state index in [1.165, 1.54) is 154 Å². The summed E-state index contributed by atoms with van der Waals surface area (Å²) >= 11 is 0. The van der Waals surface area contributed by atoms with E-state index in [-0.39, 0.29) is 12.1 Å². The number of hydrogen-bond acceptors (Lipinski definition) is 3. The Balaban J connectivity index is 3.49. The van der Waals surface area contributed by atoms with Gasteiger partial charge in [-0.05, 0) is 32.1 Å². The summed E-state index contributed by atoms with van der Waals surface area (Å²) in [5.74, 6) is -0.630. The lowest BCUT2D eigenvalue weighted by Gasteiger charge is -2.17. The highest BCUT2D eigenvalue weighted by Gasteiger charge is 2.13. The zero-order valence-electron chi connectivity index (χ0n) is 27.9. The van der Waals surface area contributed by atoms with Gasteiger partial charge in [-0.25, -0.2) is 0 Å². The van der Waals surface area contributed by atoms with Crippen molar-refractivity contribution in [2.75, 3.05) is 0 Å². The van der Waals surface area contributed by atoms with E-state index in [1.807, 2.05) is 0 Å². The maximum absolute atomic E-state index is 12.4. The average Bonchev–Trinajstić information content (AvgIpc) is 2.95. The number of carboxylic acid groups (broad SMARTS) is 1. The number of hydrogen-bond donors (Lipinski definition) is 1. The van der Waals surface area contributed by atoms with E-state index in [0.717, 1.165) is 38.5 Å². The maximum atomic E-state index is 12.4. The van der Waals surface area contributed by atoms with Gasteiger partial charge in [0.05, 0.1) is 0 Å². The molecule has 0 aromatic carbocycles. The average molecular weight is 581 g/mol. The van der Waals surface area contributed by atoms with Crippen LogP contribution in [0.2, 0.25) is 0 Å². The highest BCUT2D eigenvalue weighted by atomic mass is 16.5. The van der Waals surface area contributed by atoms with Crippen molar-refractivity contribution >= 4 is 11.9 Å². The molecule has 0 aromatic heterocycles. The second kappa shape index (κ2) is 33.4. The lowest BCUT2D eigenvalue weighted by molar-refractivity contribution is -0.150. The number of ether oxygens (including phenoxy) is 1. The lowest BCUT2D eigenvalue weighted by Crippen LogP contribution is -2.18. The predicted molar refractivity (Wildman–Crippen MR) is 177 cm³/mol. The van der Waals surface area contributed by atoms with Gasteiger partial charge in [0.25, 0.3) is 0 Å². The van der Waals surface area contributed by atoms with Crippen LogP contribution in [0.3, 0.4) is 0 Å². The Morgan fingerprint density at radius 2 is 0.780 bits per heavy atom. The summed E-state index contributed by atoms with van der Waals surface area (Å²) in [4.78, 5) is 22.9. The van der Waals surface area contributed by atoms with Crippen molar-refractivity contribution in [3.05, 3.63) is 0 Å². The van der Waals surface area contributed by atoms with E-state index in [4.69, 9.17) is 9.84 Å². The van der Waals surface area contributed by atoms with Gasteiger partial charge in [-0.3, -0.25) is 9.59 Å². The van der Waals surface area contributed by atoms with Crippen LogP contribution in [0, 0.1) is 0 Å². The predicted octanol–water partition coefficient (Wildman–Crippen LogP) is 12.5. The monoisotopic (exact) mass is 581 g/mol. The number of carbonyl (C=O) groups is 2. The molecule has 41 heavy (non-hydrogen) atoms. The van der Waals surface area contributed by atoms with Gasteiger partial charge < -0.3 is 9.84 Å². The third kappa shape index (κ3) is 33.3. The third-order valence-corrected chi connectivity index (χ3v) is 8.56. The summed E-state index contributed by atoms with van der Waals surface area (Å²) in [6.07, 6.45) is 39.0. The molecule has 0 aliphatic heterocycles. The van der Waals surface area contributed by atoms with Crippen molar-refractivity contribution in [2.45, 2.75) is 225 Å². The number of esters is 1. The number of carboxylic acids is 1. The van der Waals surface area contributed by atoms with Gasteiger partial charge in [-0.15, -0.1) is 0 Å². The third-order valence-electron chi connectivity index (χ3n) is 8.56. The van der Waals surface area contributed by atoms with E-state index < -0.39 is 5.97 Å². The first-order chi connectivity index (χ1) is 20.1. The van der Waals surface area contributed by atoms with Gasteiger partial charge in [0.1, 0.15) is 6.10 Å². The first-order valence-electron chi connectivity index (χ1n) is 18.5. The molecule has 0 aliphatic rings. The highest BCUT2D eigenvalue weighted by Crippen LogP contribution is 2.18. The van der Waals surface area contributed by atoms with Crippen molar-refractivity contribution in [2.24, 2.45) is 0 Å². The summed E-state index contributed by atoms with van der Waals surface area (Å²) in [7, 11) is 0. The smallest absolute Gasteiger partial charge is 0.306 e. The second-order valence-electron chi connectivity index (χ2n) is 12.8. The standard InChI is InChI=1S/C37H72O4/c1-3-5-6-7-8-9-10-18-21-24-27-30-34-37(40)41-35(31-4-2)32-28-25-22-19-16-14-12-11-13-15-17-20-23-26-29-33-36(38)39/h35H,3-34H2,1-2H3,(H,38,39). The lowest BCUT2D eigenvalue weighted by atomic mass is 10.0. The van der Waals surface area contributed by atoms with Crippen molar-refractivity contribution in [1.29, 1.82) is 0 Å². The Kier molecular flexibility index (Phi) is 32.6. The Morgan fingerprint density at radius 1 is 0.439 bits per heavy atom. The molecule has 0 heterocycles. The minimum absolute atomic E-state index is 0.0336. The van der Waals surface area contributed by atoms with Gasteiger partial charge in [-0.1, -0.05) is 174 Å². The quantitative estimate of drug-likeness (QED) is 0.0607. The summed E-state index contributed by atoms with van der Waals surface area (Å²) < 4.78 is 5.86. The topological polar surface area (TPSA) is 63.6 Å². The fourth-order valence-electron chi connectivity index (χ4n) is 5.89. The molecule has 0 saturated heterocycles. The zero-order chi connectivity index (χ0) is 30.1. The minimum Gasteiger partial charge on any atom is -0.481 e. The second-order valence-corrected chi connectivity index (χ2v) is 12.8. The van der Waals surface area contributed by atoms with Crippen molar-refractivity contribution < 1.29 is 19.4 Å². The molecule has 0 saturated carbocycles. The number of rotatable bonds is 34. The van der Waals surface area contributed by atoms with Crippen LogP contribution in [0.25, 0.3) is 0 Å². The van der Waals surface area contributed by atoms with Crippen LogP contribution in [-0.2, 0) is 14.3 Å². The van der Waals surface area contributed by atoms with E-state index >= 15 is 0 Å². The van der Waals surface area contributed by atoms with Gasteiger partial charge in [0, 0.05) is 12.8 Å². The molecule has 0 amide bonds. The van der Waals surface area contributed by atoms with E-state index in [1.54, 1.807) is 0 Å². The summed E-state index contributed by atoms with van der Waals surface area (Å²) in [5, 5.41) is 8.65. The molecule has 0 radical (unpaired) electrons. The van der Waals surface area contributed by atoms with Gasteiger partial charge in [-0.2, -0.15) is 0 Å². The summed E-state index contributed by atoms with van der Waals surface area (Å²) in [5.41, 5.74) is 0. The first kappa shape index (κ1) is 39.9. The largest absolute Gasteiger partial charge is 0.481 e. The van der Waals surface area contributed by atoms with E-state index in [2.05, 4.69) is 13.8 Å². The molecule has 4 nitrogen and oxygen atoms in total. The van der Waals surface area contributed by atoms with E-state index in [9.17, 15) is 9.59 Å². The van der Waals surface area contributed by atoms with Crippen LogP contribution < -0.4 is 0 Å². The molecule has 1 unspecified atom stereocenters. The van der Waals surface area contributed by atoms with Gasteiger partial charge in [0.2, 0.25) is 0 Å². The highest BCUT2D eigenvalue weighted by molar-refractivity contribution is 5.69. The molecule has 0 bridgehead atoms. The van der Waals surface area contributed by atoms with Crippen LogP contribution in [-0.4, -0.2) is 23.1 Å². The SMILES string of the molecule is CCCCCCCCCCCCCCC(=O)OC(CCC)CCCCCCCCCCCCCCCCCC(=O)O. The van der Waals surface area contributed by atoms with E-state index in [0.29, 0.717) is 12.8 Å². The molecule has 244 valence electrons. The molecule has 0 spiro atoms. The Bertz CT molecular complexity index is 547. The fraction of sp³-hybridized carbons (Fsp3) is 0.946. The minimum atomic E-state index is -0.663. The number of carbonyl (C=O) groups excluding carboxylic acids is 1. The maximum Gasteiger partial charge on any atom is 0.306 e. The van der Waals surface area contributed by atoms with Crippen LogP contribution in [0.4, 0.5) is 0 Å². The van der Waals surface area contributed by atoms with Crippen LogP contribution in [0.1, 0.15) is 219 Å². The van der Waals surface area contributed by atoms with Crippen LogP contribution in [0.15, 0.2) is 0 Å². The van der Waals surface area contributed by atoms with Crippen LogP contribution >= 0.6 is 0 Å². The normalized spacial score (nSPS) is 12.0. The van der Waals surface area contributed by atoms with Crippen molar-refractivity contribution in [3.8, 4) is 0 Å². The Hall–Kier alpha value is -1.06. The molecule has 0 aromatic rings. The van der Waals surface area contributed by atoms with Gasteiger partial charge >= 0.3 is 11.9 Å². The molecular formula is C37H72O4. The first-order valence-corrected chi connectivity index (χ1v) is 18.5. The fourth-order valence-corrected chi connectivity index (χ4v) is 5.89. The Labute approximate surface area is 256 Å². The molecule has 0 fully saturated rings. The zero-order valence-corrected chi connectivity index (χ0v) is 27.9. The molecule has 1 N–H and O–H groups in total. The van der Waals surface area contributed by atoms with Crippen LogP contribution in [0.5, 0.6) is 0 Å². The molecule has 0 aliphatic carbocycles. The molecule has 0 rings (SSSR count). The van der Waals surface area contributed by atoms with Crippen molar-refractivity contribution in [1.82, 2.24) is 0 Å². The molecular weight excluding hydrogens is 508 g/mol. The van der Waals surface area contributed by atoms with Crippen molar-refractivity contribution in [3.63, 3.8) is 0 Å². The number of aliphatic carboxylic acids is 1. The van der Waals surface area contributed by atoms with Gasteiger partial charge in [0.15, 0.2) is 0 Å².